The van der Waals surface area contributed by atoms with Crippen molar-refractivity contribution in [2.24, 2.45) is 0 Å². The third kappa shape index (κ3) is 2.41. The lowest BCUT2D eigenvalue weighted by atomic mass is 10.2. The highest BCUT2D eigenvalue weighted by molar-refractivity contribution is 5.91. The number of carbonyl (C=O) groups is 1. The smallest absolute Gasteiger partial charge is 0.339 e. The predicted octanol–water partition coefficient (Wildman–Crippen LogP) is 2.69. The van der Waals surface area contributed by atoms with Crippen molar-refractivity contribution in [2.45, 2.75) is 40.2 Å². The van der Waals surface area contributed by atoms with Gasteiger partial charge in [-0.2, -0.15) is 0 Å². The first kappa shape index (κ1) is 11.8. The first-order valence-corrected chi connectivity index (χ1v) is 5.36. The Bertz CT molecular complexity index is 353. The van der Waals surface area contributed by atoms with Crippen LogP contribution in [0.1, 0.15) is 41.5 Å². The maximum atomic E-state index is 11.4. The van der Waals surface area contributed by atoms with Crippen LogP contribution in [-0.2, 0) is 11.3 Å². The lowest BCUT2D eigenvalue weighted by molar-refractivity contribution is 0.0600. The molecular formula is C12H19NO2. The Kier molecular flexibility index (Phi) is 3.95. The number of carbonyl (C=O) groups excluding carboxylic acids is 1. The fourth-order valence-corrected chi connectivity index (χ4v) is 1.78. The molecule has 0 saturated heterocycles. The highest BCUT2D eigenvalue weighted by Gasteiger charge is 2.15. The zero-order valence-corrected chi connectivity index (χ0v) is 9.96. The number of aromatic nitrogens is 1. The standard InChI is InChI=1S/C12H19NO2/c1-5-6-7-13-9(2)8-11(10(13)3)12(14)15-4/h8H,5-7H2,1-4H3. The summed E-state index contributed by atoms with van der Waals surface area (Å²) in [4.78, 5) is 11.4. The predicted molar refractivity (Wildman–Crippen MR) is 60.2 cm³/mol. The molecule has 0 saturated carbocycles. The summed E-state index contributed by atoms with van der Waals surface area (Å²) >= 11 is 0. The van der Waals surface area contributed by atoms with E-state index in [4.69, 9.17) is 4.74 Å². The number of hydrogen-bond acceptors (Lipinski definition) is 2. The van der Waals surface area contributed by atoms with Gasteiger partial charge in [0, 0.05) is 17.9 Å². The highest BCUT2D eigenvalue weighted by atomic mass is 16.5. The molecular weight excluding hydrogens is 190 g/mol. The van der Waals surface area contributed by atoms with Crippen LogP contribution in [-0.4, -0.2) is 17.6 Å². The Morgan fingerprint density at radius 1 is 1.47 bits per heavy atom. The SMILES string of the molecule is CCCCn1c(C)cc(C(=O)OC)c1C. The van der Waals surface area contributed by atoms with Crippen molar-refractivity contribution in [1.29, 1.82) is 0 Å². The second-order valence-corrected chi connectivity index (χ2v) is 3.78. The molecule has 0 aliphatic carbocycles. The van der Waals surface area contributed by atoms with E-state index in [1.165, 1.54) is 7.11 Å². The van der Waals surface area contributed by atoms with Crippen LogP contribution in [0.15, 0.2) is 6.07 Å². The van der Waals surface area contributed by atoms with Gasteiger partial charge in [-0.05, 0) is 26.3 Å². The third-order valence-electron chi connectivity index (χ3n) is 2.71. The van der Waals surface area contributed by atoms with Crippen molar-refractivity contribution in [1.82, 2.24) is 4.57 Å². The van der Waals surface area contributed by atoms with E-state index >= 15 is 0 Å². The Labute approximate surface area is 91.0 Å². The summed E-state index contributed by atoms with van der Waals surface area (Å²) in [5, 5.41) is 0. The number of nitrogens with zero attached hydrogens (tertiary/aromatic N) is 1. The minimum Gasteiger partial charge on any atom is -0.465 e. The molecule has 0 atom stereocenters. The Morgan fingerprint density at radius 3 is 2.67 bits per heavy atom. The molecule has 0 spiro atoms. The summed E-state index contributed by atoms with van der Waals surface area (Å²) in [5.74, 6) is -0.245. The van der Waals surface area contributed by atoms with Crippen LogP contribution >= 0.6 is 0 Å². The van der Waals surface area contributed by atoms with Gasteiger partial charge in [0.05, 0.1) is 12.7 Å². The van der Waals surface area contributed by atoms with Crippen LogP contribution in [0.2, 0.25) is 0 Å². The summed E-state index contributed by atoms with van der Waals surface area (Å²) < 4.78 is 6.91. The second-order valence-electron chi connectivity index (χ2n) is 3.78. The van der Waals surface area contributed by atoms with Crippen molar-refractivity contribution in [3.8, 4) is 0 Å². The Balaban J connectivity index is 2.98. The molecule has 0 amide bonds. The van der Waals surface area contributed by atoms with E-state index in [1.807, 2.05) is 19.9 Å². The van der Waals surface area contributed by atoms with Crippen LogP contribution in [0.3, 0.4) is 0 Å². The van der Waals surface area contributed by atoms with Crippen LogP contribution < -0.4 is 0 Å². The van der Waals surface area contributed by atoms with E-state index in [-0.39, 0.29) is 5.97 Å². The van der Waals surface area contributed by atoms with Gasteiger partial charge in [-0.1, -0.05) is 13.3 Å². The number of rotatable bonds is 4. The second kappa shape index (κ2) is 5.01. The highest BCUT2D eigenvalue weighted by Crippen LogP contribution is 2.16. The lowest BCUT2D eigenvalue weighted by Crippen LogP contribution is -2.06. The fraction of sp³-hybridized carbons (Fsp3) is 0.583. The molecule has 1 heterocycles. The average Bonchev–Trinajstić information content (AvgIpc) is 2.51. The summed E-state index contributed by atoms with van der Waals surface area (Å²) in [7, 11) is 1.42. The van der Waals surface area contributed by atoms with Crippen LogP contribution in [0.5, 0.6) is 0 Å². The fourth-order valence-electron chi connectivity index (χ4n) is 1.78. The van der Waals surface area contributed by atoms with E-state index in [1.54, 1.807) is 0 Å². The van der Waals surface area contributed by atoms with Gasteiger partial charge in [-0.25, -0.2) is 4.79 Å². The average molecular weight is 209 g/mol. The molecule has 0 aromatic carbocycles. The third-order valence-corrected chi connectivity index (χ3v) is 2.71. The van der Waals surface area contributed by atoms with E-state index < -0.39 is 0 Å². The van der Waals surface area contributed by atoms with Crippen LogP contribution in [0.4, 0.5) is 0 Å². The summed E-state index contributed by atoms with van der Waals surface area (Å²) in [6.07, 6.45) is 2.29. The number of methoxy groups -OCH3 is 1. The first-order chi connectivity index (χ1) is 7.11. The van der Waals surface area contributed by atoms with Crippen molar-refractivity contribution >= 4 is 5.97 Å². The first-order valence-electron chi connectivity index (χ1n) is 5.36. The van der Waals surface area contributed by atoms with E-state index in [2.05, 4.69) is 11.5 Å². The summed E-state index contributed by atoms with van der Waals surface area (Å²) in [6, 6.07) is 1.90. The van der Waals surface area contributed by atoms with Gasteiger partial charge in [-0.3, -0.25) is 0 Å². The molecule has 84 valence electrons. The van der Waals surface area contributed by atoms with Gasteiger partial charge in [-0.15, -0.1) is 0 Å². The zero-order valence-electron chi connectivity index (χ0n) is 9.96. The molecule has 0 fully saturated rings. The van der Waals surface area contributed by atoms with Gasteiger partial charge in [0.2, 0.25) is 0 Å². The number of ether oxygens (including phenoxy) is 1. The number of aryl methyl sites for hydroxylation is 1. The van der Waals surface area contributed by atoms with Crippen molar-refractivity contribution in [3.05, 3.63) is 23.0 Å². The largest absolute Gasteiger partial charge is 0.465 e. The molecule has 0 unspecified atom stereocenters. The van der Waals surface area contributed by atoms with Gasteiger partial charge in [0.25, 0.3) is 0 Å². The topological polar surface area (TPSA) is 31.2 Å². The Morgan fingerprint density at radius 2 is 2.13 bits per heavy atom. The molecule has 0 aliphatic heterocycles. The number of hydrogen-bond donors (Lipinski definition) is 0. The minimum atomic E-state index is -0.245. The quantitative estimate of drug-likeness (QED) is 0.714. The molecule has 0 radical (unpaired) electrons. The van der Waals surface area contributed by atoms with Gasteiger partial charge in [0.15, 0.2) is 0 Å². The molecule has 0 N–H and O–H groups in total. The molecule has 1 aromatic rings. The monoisotopic (exact) mass is 209 g/mol. The lowest BCUT2D eigenvalue weighted by Gasteiger charge is -2.08. The van der Waals surface area contributed by atoms with E-state index in [9.17, 15) is 4.79 Å². The van der Waals surface area contributed by atoms with E-state index in [0.29, 0.717) is 5.56 Å². The maximum absolute atomic E-state index is 11.4. The van der Waals surface area contributed by atoms with Gasteiger partial charge >= 0.3 is 5.97 Å². The molecule has 3 heteroatoms. The maximum Gasteiger partial charge on any atom is 0.339 e. The Hall–Kier alpha value is -1.25. The minimum absolute atomic E-state index is 0.245. The molecule has 15 heavy (non-hydrogen) atoms. The van der Waals surface area contributed by atoms with Gasteiger partial charge in [0.1, 0.15) is 0 Å². The number of esters is 1. The molecule has 3 nitrogen and oxygen atoms in total. The van der Waals surface area contributed by atoms with Crippen molar-refractivity contribution in [2.75, 3.05) is 7.11 Å². The zero-order chi connectivity index (χ0) is 11.4. The van der Waals surface area contributed by atoms with Crippen molar-refractivity contribution in [3.63, 3.8) is 0 Å². The normalized spacial score (nSPS) is 10.4. The van der Waals surface area contributed by atoms with E-state index in [0.717, 1.165) is 30.8 Å². The molecule has 0 aliphatic rings. The molecule has 0 bridgehead atoms. The van der Waals surface area contributed by atoms with Crippen LogP contribution in [0, 0.1) is 13.8 Å². The number of unbranched alkanes of at least 4 members (excludes halogenated alkanes) is 1. The van der Waals surface area contributed by atoms with Crippen molar-refractivity contribution < 1.29 is 9.53 Å². The molecule has 1 rings (SSSR count). The summed E-state index contributed by atoms with van der Waals surface area (Å²) in [5.41, 5.74) is 2.82. The van der Waals surface area contributed by atoms with Gasteiger partial charge < -0.3 is 9.30 Å². The van der Waals surface area contributed by atoms with Crippen LogP contribution in [0.25, 0.3) is 0 Å². The molecule has 1 aromatic heterocycles. The summed E-state index contributed by atoms with van der Waals surface area (Å²) in [6.45, 7) is 7.13.